The van der Waals surface area contributed by atoms with Gasteiger partial charge in [-0.25, -0.2) is 19.7 Å². The highest BCUT2D eigenvalue weighted by atomic mass is 16.5. The summed E-state index contributed by atoms with van der Waals surface area (Å²) in [5, 5.41) is 6.47. The van der Waals surface area contributed by atoms with E-state index < -0.39 is 5.97 Å². The van der Waals surface area contributed by atoms with Crippen LogP contribution in [-0.4, -0.2) is 59.6 Å². The van der Waals surface area contributed by atoms with Gasteiger partial charge in [-0.3, -0.25) is 0 Å². The number of methoxy groups -OCH3 is 1. The number of aromatic nitrogens is 3. The van der Waals surface area contributed by atoms with E-state index in [9.17, 15) is 4.79 Å². The molecule has 0 aromatic carbocycles. The molecule has 1 fully saturated rings. The standard InChI is InChI=1S/C20H24N6O2/c1-4-15-11-23-19(13-21-15)25-18-9-17(16(12-24-18)20(27)28-3)22-10-14-5-7-26(2)8-6-14/h1,9,11-14H,5-8,10H2,2-3H3,(H2,22,23,24,25). The molecule has 146 valence electrons. The molecule has 1 aliphatic heterocycles. The van der Waals surface area contributed by atoms with Gasteiger partial charge in [-0.15, -0.1) is 6.42 Å². The Morgan fingerprint density at radius 3 is 2.64 bits per heavy atom. The minimum atomic E-state index is -0.428. The van der Waals surface area contributed by atoms with Crippen molar-refractivity contribution < 1.29 is 9.53 Å². The Labute approximate surface area is 164 Å². The molecule has 0 spiro atoms. The summed E-state index contributed by atoms with van der Waals surface area (Å²) in [6.07, 6.45) is 12.1. The number of esters is 1. The van der Waals surface area contributed by atoms with Crippen molar-refractivity contribution >= 4 is 23.3 Å². The maximum Gasteiger partial charge on any atom is 0.341 e. The largest absolute Gasteiger partial charge is 0.465 e. The summed E-state index contributed by atoms with van der Waals surface area (Å²) >= 11 is 0. The third-order valence-electron chi connectivity index (χ3n) is 4.78. The monoisotopic (exact) mass is 380 g/mol. The first-order valence-corrected chi connectivity index (χ1v) is 9.15. The second-order valence-electron chi connectivity index (χ2n) is 6.79. The molecule has 8 heteroatoms. The van der Waals surface area contributed by atoms with Gasteiger partial charge in [0.1, 0.15) is 22.9 Å². The lowest BCUT2D eigenvalue weighted by Gasteiger charge is -2.29. The Balaban J connectivity index is 1.74. The average molecular weight is 380 g/mol. The summed E-state index contributed by atoms with van der Waals surface area (Å²) in [5.41, 5.74) is 1.53. The highest BCUT2D eigenvalue weighted by Gasteiger charge is 2.19. The highest BCUT2D eigenvalue weighted by Crippen LogP contribution is 2.23. The van der Waals surface area contributed by atoms with Crippen LogP contribution in [0.25, 0.3) is 0 Å². The zero-order valence-corrected chi connectivity index (χ0v) is 16.1. The number of carbonyl (C=O) groups is 1. The molecular weight excluding hydrogens is 356 g/mol. The second-order valence-corrected chi connectivity index (χ2v) is 6.79. The van der Waals surface area contributed by atoms with Crippen molar-refractivity contribution in [3.05, 3.63) is 35.9 Å². The molecular formula is C20H24N6O2. The number of carbonyl (C=O) groups excluding carboxylic acids is 1. The van der Waals surface area contributed by atoms with Crippen molar-refractivity contribution in [1.29, 1.82) is 0 Å². The number of terminal acetylenes is 1. The average Bonchev–Trinajstić information content (AvgIpc) is 2.73. The Bertz CT molecular complexity index is 854. The SMILES string of the molecule is C#Cc1cnc(Nc2cc(NCC3CCN(C)CC3)c(C(=O)OC)cn2)cn1. The number of nitrogens with zero attached hydrogens (tertiary/aromatic N) is 4. The smallest absolute Gasteiger partial charge is 0.341 e. The number of nitrogens with one attached hydrogen (secondary N) is 2. The number of pyridine rings is 1. The lowest BCUT2D eigenvalue weighted by molar-refractivity contribution is 0.0601. The summed E-state index contributed by atoms with van der Waals surface area (Å²) in [6, 6.07) is 1.78. The van der Waals surface area contributed by atoms with Crippen molar-refractivity contribution in [1.82, 2.24) is 19.9 Å². The quantitative estimate of drug-likeness (QED) is 0.582. The van der Waals surface area contributed by atoms with Gasteiger partial charge in [-0.05, 0) is 44.8 Å². The number of piperidine rings is 1. The Hall–Kier alpha value is -3.18. The molecule has 1 aliphatic rings. The molecule has 8 nitrogen and oxygen atoms in total. The fourth-order valence-corrected chi connectivity index (χ4v) is 3.06. The molecule has 0 aliphatic carbocycles. The van der Waals surface area contributed by atoms with Gasteiger partial charge in [0.2, 0.25) is 0 Å². The molecule has 3 rings (SSSR count). The molecule has 0 radical (unpaired) electrons. The number of rotatable bonds is 6. The van der Waals surface area contributed by atoms with E-state index in [1.807, 2.05) is 0 Å². The van der Waals surface area contributed by atoms with E-state index in [1.165, 1.54) is 25.7 Å². The molecule has 2 aromatic heterocycles. The van der Waals surface area contributed by atoms with E-state index in [0.29, 0.717) is 34.5 Å². The van der Waals surface area contributed by atoms with Crippen molar-refractivity contribution in [2.75, 3.05) is 44.4 Å². The van der Waals surface area contributed by atoms with Gasteiger partial charge in [0.15, 0.2) is 0 Å². The van der Waals surface area contributed by atoms with E-state index in [4.69, 9.17) is 11.2 Å². The van der Waals surface area contributed by atoms with Crippen LogP contribution in [0.2, 0.25) is 0 Å². The summed E-state index contributed by atoms with van der Waals surface area (Å²) < 4.78 is 4.88. The third-order valence-corrected chi connectivity index (χ3v) is 4.78. The lowest BCUT2D eigenvalue weighted by Crippen LogP contribution is -2.33. The first kappa shape index (κ1) is 19.6. The summed E-state index contributed by atoms with van der Waals surface area (Å²) in [5.74, 6) is 3.61. The van der Waals surface area contributed by atoms with Crippen LogP contribution in [0.5, 0.6) is 0 Å². The van der Waals surface area contributed by atoms with Crippen LogP contribution in [0, 0.1) is 18.3 Å². The van der Waals surface area contributed by atoms with Crippen molar-refractivity contribution in [3.8, 4) is 12.3 Å². The van der Waals surface area contributed by atoms with E-state index in [2.05, 4.69) is 43.5 Å². The van der Waals surface area contributed by atoms with Gasteiger partial charge in [-0.1, -0.05) is 0 Å². The van der Waals surface area contributed by atoms with Crippen LogP contribution in [0.15, 0.2) is 24.7 Å². The molecule has 0 unspecified atom stereocenters. The Morgan fingerprint density at radius 1 is 1.25 bits per heavy atom. The first-order valence-electron chi connectivity index (χ1n) is 9.15. The number of ether oxygens (including phenoxy) is 1. The molecule has 0 atom stereocenters. The minimum absolute atomic E-state index is 0.398. The molecule has 2 aromatic rings. The third kappa shape index (κ3) is 4.96. The lowest BCUT2D eigenvalue weighted by atomic mass is 9.97. The number of likely N-dealkylation sites (tertiary alicyclic amines) is 1. The van der Waals surface area contributed by atoms with Gasteiger partial charge < -0.3 is 20.3 Å². The maximum absolute atomic E-state index is 12.1. The van der Waals surface area contributed by atoms with Crippen molar-refractivity contribution in [3.63, 3.8) is 0 Å². The van der Waals surface area contributed by atoms with Crippen molar-refractivity contribution in [2.24, 2.45) is 5.92 Å². The Kier molecular flexibility index (Phi) is 6.40. The van der Waals surface area contributed by atoms with Crippen molar-refractivity contribution in [2.45, 2.75) is 12.8 Å². The molecule has 2 N–H and O–H groups in total. The van der Waals surface area contributed by atoms with Crippen LogP contribution in [0.4, 0.5) is 17.3 Å². The van der Waals surface area contributed by atoms with E-state index in [-0.39, 0.29) is 0 Å². The zero-order valence-electron chi connectivity index (χ0n) is 16.1. The van der Waals surface area contributed by atoms with Gasteiger partial charge in [-0.2, -0.15) is 0 Å². The van der Waals surface area contributed by atoms with Crippen LogP contribution in [0.1, 0.15) is 28.9 Å². The van der Waals surface area contributed by atoms with E-state index in [1.54, 1.807) is 6.07 Å². The zero-order chi connectivity index (χ0) is 19.9. The van der Waals surface area contributed by atoms with Gasteiger partial charge in [0, 0.05) is 18.8 Å². The minimum Gasteiger partial charge on any atom is -0.465 e. The topological polar surface area (TPSA) is 92.3 Å². The number of hydrogen-bond donors (Lipinski definition) is 2. The summed E-state index contributed by atoms with van der Waals surface area (Å²) in [4.78, 5) is 27.0. The predicted octanol–water partition coefficient (Wildman–Crippen LogP) is 2.14. The number of anilines is 3. The summed E-state index contributed by atoms with van der Waals surface area (Å²) in [6.45, 7) is 2.97. The Morgan fingerprint density at radius 2 is 2.00 bits per heavy atom. The first-order chi connectivity index (χ1) is 13.6. The molecule has 0 amide bonds. The molecule has 3 heterocycles. The fraction of sp³-hybridized carbons (Fsp3) is 0.400. The molecule has 0 saturated carbocycles. The van der Waals surface area contributed by atoms with E-state index in [0.717, 1.165) is 32.5 Å². The normalized spacial score (nSPS) is 14.9. The van der Waals surface area contributed by atoms with Crippen LogP contribution in [-0.2, 0) is 4.74 Å². The van der Waals surface area contributed by atoms with Crippen LogP contribution >= 0.6 is 0 Å². The van der Waals surface area contributed by atoms with E-state index >= 15 is 0 Å². The van der Waals surface area contributed by atoms with Gasteiger partial charge >= 0.3 is 5.97 Å². The van der Waals surface area contributed by atoms with Gasteiger partial charge in [0.05, 0.1) is 25.2 Å². The predicted molar refractivity (Wildman–Crippen MR) is 108 cm³/mol. The number of hydrogen-bond acceptors (Lipinski definition) is 8. The molecule has 1 saturated heterocycles. The fourth-order valence-electron chi connectivity index (χ4n) is 3.06. The highest BCUT2D eigenvalue weighted by molar-refractivity contribution is 5.95. The van der Waals surface area contributed by atoms with Crippen LogP contribution < -0.4 is 10.6 Å². The molecule has 28 heavy (non-hydrogen) atoms. The van der Waals surface area contributed by atoms with Gasteiger partial charge in [0.25, 0.3) is 0 Å². The maximum atomic E-state index is 12.1. The molecule has 0 bridgehead atoms. The van der Waals surface area contributed by atoms with Crippen LogP contribution in [0.3, 0.4) is 0 Å². The second kappa shape index (κ2) is 9.15. The summed E-state index contributed by atoms with van der Waals surface area (Å²) in [7, 11) is 3.50.